The molecule has 0 saturated carbocycles. The Morgan fingerprint density at radius 1 is 1.10 bits per heavy atom. The summed E-state index contributed by atoms with van der Waals surface area (Å²) in [5, 5.41) is 8.29. The Labute approximate surface area is 125 Å². The van der Waals surface area contributed by atoms with Crippen molar-refractivity contribution >= 4 is 0 Å². The fraction of sp³-hybridized carbons (Fsp3) is 0.824. The van der Waals surface area contributed by atoms with Crippen LogP contribution in [0.25, 0.3) is 0 Å². The van der Waals surface area contributed by atoms with Crippen LogP contribution < -0.4 is 5.32 Å². The smallest absolute Gasteiger partial charge is 0.0627 e. The molecule has 1 N–H and O–H groups in total. The summed E-state index contributed by atoms with van der Waals surface area (Å²) in [7, 11) is 0. The lowest BCUT2D eigenvalue weighted by atomic mass is 9.91. The maximum absolute atomic E-state index is 4.77. The highest BCUT2D eigenvalue weighted by Crippen LogP contribution is 2.18. The van der Waals surface area contributed by atoms with E-state index in [4.69, 9.17) is 5.10 Å². The molecule has 0 aliphatic heterocycles. The van der Waals surface area contributed by atoms with Gasteiger partial charge in [-0.3, -0.25) is 4.68 Å². The molecule has 20 heavy (non-hydrogen) atoms. The van der Waals surface area contributed by atoms with Crippen LogP contribution in [0.3, 0.4) is 0 Å². The van der Waals surface area contributed by atoms with Crippen LogP contribution in [0.1, 0.15) is 66.1 Å². The SMILES string of the molecule is CCC(CC)n1ccc(CC(C)C(C)CNC(C)C)n1. The molecular weight excluding hydrogens is 246 g/mol. The van der Waals surface area contributed by atoms with Crippen LogP contribution in [0.4, 0.5) is 0 Å². The average Bonchev–Trinajstić information content (AvgIpc) is 2.85. The second-order valence-corrected chi connectivity index (χ2v) is 6.48. The zero-order chi connectivity index (χ0) is 15.1. The Morgan fingerprint density at radius 2 is 1.75 bits per heavy atom. The molecule has 1 aromatic heterocycles. The summed E-state index contributed by atoms with van der Waals surface area (Å²) in [6, 6.07) is 3.31. The first-order valence-electron chi connectivity index (χ1n) is 8.25. The van der Waals surface area contributed by atoms with Crippen molar-refractivity contribution in [2.45, 2.75) is 72.9 Å². The van der Waals surface area contributed by atoms with Gasteiger partial charge in [0.2, 0.25) is 0 Å². The summed E-state index contributed by atoms with van der Waals surface area (Å²) in [6.07, 6.45) is 5.54. The van der Waals surface area contributed by atoms with Crippen LogP contribution in [0.15, 0.2) is 12.3 Å². The van der Waals surface area contributed by atoms with Gasteiger partial charge in [0.05, 0.1) is 11.7 Å². The zero-order valence-electron chi connectivity index (χ0n) is 14.2. The summed E-state index contributed by atoms with van der Waals surface area (Å²) in [6.45, 7) is 14.6. The molecule has 0 amide bonds. The molecular formula is C17H33N3. The summed E-state index contributed by atoms with van der Waals surface area (Å²) in [4.78, 5) is 0. The first-order chi connectivity index (χ1) is 9.47. The van der Waals surface area contributed by atoms with Crippen LogP contribution in [-0.4, -0.2) is 22.4 Å². The zero-order valence-corrected chi connectivity index (χ0v) is 14.2. The molecule has 0 radical (unpaired) electrons. The number of nitrogens with one attached hydrogen (secondary N) is 1. The van der Waals surface area contributed by atoms with Gasteiger partial charge in [0.15, 0.2) is 0 Å². The van der Waals surface area contributed by atoms with E-state index in [9.17, 15) is 0 Å². The number of nitrogens with zero attached hydrogens (tertiary/aromatic N) is 2. The van der Waals surface area contributed by atoms with Gasteiger partial charge in [0.1, 0.15) is 0 Å². The van der Waals surface area contributed by atoms with E-state index in [0.29, 0.717) is 23.9 Å². The fourth-order valence-corrected chi connectivity index (χ4v) is 2.51. The molecule has 0 fully saturated rings. The minimum atomic E-state index is 0.555. The van der Waals surface area contributed by atoms with Crippen LogP contribution in [0, 0.1) is 11.8 Å². The topological polar surface area (TPSA) is 29.9 Å². The van der Waals surface area contributed by atoms with E-state index in [0.717, 1.165) is 25.8 Å². The van der Waals surface area contributed by atoms with Gasteiger partial charge >= 0.3 is 0 Å². The normalized spacial score (nSPS) is 15.0. The lowest BCUT2D eigenvalue weighted by molar-refractivity contribution is 0.349. The maximum atomic E-state index is 4.77. The number of aromatic nitrogens is 2. The van der Waals surface area contributed by atoms with Gasteiger partial charge in [-0.25, -0.2) is 0 Å². The van der Waals surface area contributed by atoms with Gasteiger partial charge in [0.25, 0.3) is 0 Å². The van der Waals surface area contributed by atoms with E-state index in [1.165, 1.54) is 5.69 Å². The highest BCUT2D eigenvalue weighted by atomic mass is 15.3. The van der Waals surface area contributed by atoms with E-state index in [1.54, 1.807) is 0 Å². The molecule has 0 aromatic carbocycles. The Bertz CT molecular complexity index is 366. The Balaban J connectivity index is 2.51. The van der Waals surface area contributed by atoms with Crippen molar-refractivity contribution < 1.29 is 0 Å². The van der Waals surface area contributed by atoms with Crippen LogP contribution >= 0.6 is 0 Å². The molecule has 1 rings (SSSR count). The lowest BCUT2D eigenvalue weighted by Gasteiger charge is -2.21. The Kier molecular flexibility index (Phi) is 7.28. The highest BCUT2D eigenvalue weighted by Gasteiger charge is 2.15. The third kappa shape index (κ3) is 5.28. The molecule has 116 valence electrons. The van der Waals surface area contributed by atoms with Crippen LogP contribution in [-0.2, 0) is 6.42 Å². The largest absolute Gasteiger partial charge is 0.314 e. The van der Waals surface area contributed by atoms with Gasteiger partial charge < -0.3 is 5.32 Å². The predicted molar refractivity (Wildman–Crippen MR) is 87.0 cm³/mol. The van der Waals surface area contributed by atoms with Crippen LogP contribution in [0.5, 0.6) is 0 Å². The average molecular weight is 279 g/mol. The third-order valence-corrected chi connectivity index (χ3v) is 4.33. The Hall–Kier alpha value is -0.830. The van der Waals surface area contributed by atoms with Gasteiger partial charge in [-0.15, -0.1) is 0 Å². The summed E-state index contributed by atoms with van der Waals surface area (Å²) < 4.78 is 2.15. The van der Waals surface area contributed by atoms with Crippen molar-refractivity contribution in [2.75, 3.05) is 6.54 Å². The van der Waals surface area contributed by atoms with Gasteiger partial charge in [0, 0.05) is 12.2 Å². The third-order valence-electron chi connectivity index (χ3n) is 4.33. The van der Waals surface area contributed by atoms with Crippen molar-refractivity contribution in [1.82, 2.24) is 15.1 Å². The molecule has 0 bridgehead atoms. The molecule has 1 heterocycles. The summed E-state index contributed by atoms with van der Waals surface area (Å²) in [5.41, 5.74) is 1.24. The molecule has 3 heteroatoms. The van der Waals surface area contributed by atoms with Crippen molar-refractivity contribution in [3.8, 4) is 0 Å². The molecule has 2 atom stereocenters. The lowest BCUT2D eigenvalue weighted by Crippen LogP contribution is -2.31. The van der Waals surface area contributed by atoms with Crippen LogP contribution in [0.2, 0.25) is 0 Å². The standard InChI is InChI=1S/C17H33N3/c1-7-17(8-2)20-10-9-16(19-20)11-14(5)15(6)12-18-13(3)4/h9-10,13-15,17-18H,7-8,11-12H2,1-6H3. The molecule has 0 saturated heterocycles. The van der Waals surface area contributed by atoms with Gasteiger partial charge in [-0.05, 0) is 43.7 Å². The monoisotopic (exact) mass is 279 g/mol. The number of rotatable bonds is 9. The van der Waals surface area contributed by atoms with Gasteiger partial charge in [-0.2, -0.15) is 5.10 Å². The van der Waals surface area contributed by atoms with Crippen molar-refractivity contribution in [3.05, 3.63) is 18.0 Å². The maximum Gasteiger partial charge on any atom is 0.0627 e. The molecule has 3 nitrogen and oxygen atoms in total. The Morgan fingerprint density at radius 3 is 2.30 bits per heavy atom. The van der Waals surface area contributed by atoms with E-state index in [2.05, 4.69) is 63.8 Å². The highest BCUT2D eigenvalue weighted by molar-refractivity contribution is 5.01. The molecule has 1 aromatic rings. The first-order valence-corrected chi connectivity index (χ1v) is 8.25. The molecule has 0 aliphatic rings. The van der Waals surface area contributed by atoms with E-state index in [1.807, 2.05) is 0 Å². The van der Waals surface area contributed by atoms with Crippen molar-refractivity contribution in [1.29, 1.82) is 0 Å². The first kappa shape index (κ1) is 17.2. The number of hydrogen-bond donors (Lipinski definition) is 1. The molecule has 2 unspecified atom stereocenters. The minimum Gasteiger partial charge on any atom is -0.314 e. The molecule has 0 aliphatic carbocycles. The van der Waals surface area contributed by atoms with Crippen molar-refractivity contribution in [2.24, 2.45) is 11.8 Å². The summed E-state index contributed by atoms with van der Waals surface area (Å²) in [5.74, 6) is 1.34. The fourth-order valence-electron chi connectivity index (χ4n) is 2.51. The van der Waals surface area contributed by atoms with E-state index >= 15 is 0 Å². The predicted octanol–water partition coefficient (Wildman–Crippen LogP) is 4.06. The van der Waals surface area contributed by atoms with Crippen molar-refractivity contribution in [3.63, 3.8) is 0 Å². The second kappa shape index (κ2) is 8.46. The quantitative estimate of drug-likeness (QED) is 0.739. The number of hydrogen-bond acceptors (Lipinski definition) is 2. The molecule has 0 spiro atoms. The minimum absolute atomic E-state index is 0.555. The van der Waals surface area contributed by atoms with E-state index in [-0.39, 0.29) is 0 Å². The van der Waals surface area contributed by atoms with Gasteiger partial charge in [-0.1, -0.05) is 41.5 Å². The second-order valence-electron chi connectivity index (χ2n) is 6.48. The van der Waals surface area contributed by atoms with E-state index < -0.39 is 0 Å². The summed E-state index contributed by atoms with van der Waals surface area (Å²) >= 11 is 0.